The van der Waals surface area contributed by atoms with Crippen molar-refractivity contribution in [2.24, 2.45) is 11.1 Å². The molecule has 1 heteroatoms. The quantitative estimate of drug-likeness (QED) is 0.153. The summed E-state index contributed by atoms with van der Waals surface area (Å²) in [5, 5.41) is 0. The highest BCUT2D eigenvalue weighted by Gasteiger charge is 2.52. The maximum Gasteiger partial charge on any atom is 0.0630 e. The Morgan fingerprint density at radius 1 is 0.678 bits per heavy atom. The van der Waals surface area contributed by atoms with Crippen LogP contribution in [0.1, 0.15) is 123 Å². The molecule has 0 aromatic heterocycles. The smallest absolute Gasteiger partial charge is 0.0630 e. The molecule has 0 amide bonds. The van der Waals surface area contributed by atoms with Crippen molar-refractivity contribution >= 4 is 5.57 Å². The molecule has 4 aliphatic carbocycles. The predicted molar refractivity (Wildman–Crippen MR) is 260 cm³/mol. The van der Waals surface area contributed by atoms with Gasteiger partial charge in [0.1, 0.15) is 0 Å². The number of rotatable bonds is 6. The summed E-state index contributed by atoms with van der Waals surface area (Å²) in [6.07, 6.45) is 19.7. The molecule has 4 aromatic rings. The van der Waals surface area contributed by atoms with Gasteiger partial charge in [-0.25, -0.2) is 0 Å². The number of hydrogen-bond donors (Lipinski definition) is 1. The Morgan fingerprint density at radius 2 is 1.31 bits per heavy atom. The van der Waals surface area contributed by atoms with E-state index in [0.29, 0.717) is 0 Å². The Labute approximate surface area is 358 Å². The van der Waals surface area contributed by atoms with E-state index >= 15 is 0 Å². The van der Waals surface area contributed by atoms with Gasteiger partial charge in [-0.15, -0.1) is 0 Å². The Balaban J connectivity index is 0.000000253. The fraction of sp³-hybridized carbons (Fsp3) is 0.310. The van der Waals surface area contributed by atoms with Gasteiger partial charge in [0.05, 0.1) is 5.41 Å². The third-order valence-corrected chi connectivity index (χ3v) is 13.0. The summed E-state index contributed by atoms with van der Waals surface area (Å²) in [6.45, 7) is 28.4. The molecule has 0 bridgehead atoms. The van der Waals surface area contributed by atoms with Gasteiger partial charge in [-0.3, -0.25) is 0 Å². The fourth-order valence-electron chi connectivity index (χ4n) is 9.54. The third-order valence-electron chi connectivity index (χ3n) is 13.0. The van der Waals surface area contributed by atoms with Gasteiger partial charge in [0.25, 0.3) is 0 Å². The molecule has 0 fully saturated rings. The maximum atomic E-state index is 6.21. The van der Waals surface area contributed by atoms with Crippen LogP contribution in [0, 0.1) is 12.3 Å². The summed E-state index contributed by atoms with van der Waals surface area (Å²) in [6, 6.07) is 35.1. The van der Waals surface area contributed by atoms with Crippen LogP contribution in [0.3, 0.4) is 0 Å². The van der Waals surface area contributed by atoms with Gasteiger partial charge in [0.15, 0.2) is 0 Å². The summed E-state index contributed by atoms with van der Waals surface area (Å²) in [5.41, 5.74) is 28.2. The van der Waals surface area contributed by atoms with Crippen LogP contribution in [-0.2, 0) is 5.41 Å². The second-order valence-corrected chi connectivity index (χ2v) is 16.3. The van der Waals surface area contributed by atoms with Crippen LogP contribution in [0.5, 0.6) is 0 Å². The van der Waals surface area contributed by atoms with Crippen molar-refractivity contribution < 1.29 is 0 Å². The van der Waals surface area contributed by atoms with Crippen LogP contribution in [0.25, 0.3) is 27.8 Å². The highest BCUT2D eigenvalue weighted by Crippen LogP contribution is 2.63. The van der Waals surface area contributed by atoms with Crippen molar-refractivity contribution in [1.82, 2.24) is 0 Å². The minimum absolute atomic E-state index is 0.0778. The van der Waals surface area contributed by atoms with Crippen LogP contribution in [0.15, 0.2) is 185 Å². The Bertz CT molecular complexity index is 2360. The Hall–Kier alpha value is -5.24. The normalized spacial score (nSPS) is 19.3. The molecule has 0 radical (unpaired) electrons. The zero-order chi connectivity index (χ0) is 42.9. The molecule has 2 unspecified atom stereocenters. The molecule has 2 atom stereocenters. The Morgan fingerprint density at radius 3 is 1.93 bits per heavy atom. The highest BCUT2D eigenvalue weighted by molar-refractivity contribution is 5.88. The van der Waals surface area contributed by atoms with Crippen LogP contribution >= 0.6 is 0 Å². The van der Waals surface area contributed by atoms with E-state index in [1.54, 1.807) is 5.57 Å². The van der Waals surface area contributed by atoms with Gasteiger partial charge in [0, 0.05) is 11.5 Å². The summed E-state index contributed by atoms with van der Waals surface area (Å²) in [7, 11) is 0. The van der Waals surface area contributed by atoms with Gasteiger partial charge >= 0.3 is 0 Å². The van der Waals surface area contributed by atoms with E-state index in [-0.39, 0.29) is 16.9 Å². The van der Waals surface area contributed by atoms with Gasteiger partial charge in [-0.1, -0.05) is 203 Å². The van der Waals surface area contributed by atoms with Crippen molar-refractivity contribution in [2.75, 3.05) is 0 Å². The number of hydrogen-bond acceptors (Lipinski definition) is 1. The standard InChI is InChI=1S/C37H38.C17H19N.2C2H6/c1-23-12-10-13-28(20-23)29-14-11-15-30(21-29)31-18-19-33-32(22-31)24(2)25(3)37(33)27(5)26(4)36(6,7)34-16-8-9-17-35(34)37;1-2-14(15-9-5-3-6-10-15)13-17(18)16-11-7-4-8-12-16;2*1-2/h9-15,17-22H,8,16H2,1-7H3;2-5,7-9,11-13,17H,1,6,10,18H2;2*1-2H3/b;14-13+;;. The first-order valence-corrected chi connectivity index (χ1v) is 22.1. The van der Waals surface area contributed by atoms with E-state index in [4.69, 9.17) is 5.73 Å². The highest BCUT2D eigenvalue weighted by atomic mass is 14.6. The lowest BCUT2D eigenvalue weighted by molar-refractivity contribution is 0.458. The second kappa shape index (κ2) is 19.7. The van der Waals surface area contributed by atoms with Gasteiger partial charge in [-0.2, -0.15) is 0 Å². The molecular weight excluding hydrogens is 711 g/mol. The third kappa shape index (κ3) is 8.73. The molecule has 0 aliphatic heterocycles. The molecule has 8 rings (SSSR count). The molecular formula is C58H69N. The van der Waals surface area contributed by atoms with Crippen LogP contribution in [0.2, 0.25) is 0 Å². The molecule has 4 aromatic carbocycles. The molecule has 0 saturated heterocycles. The number of fused-ring (bicyclic) bond motifs is 3. The van der Waals surface area contributed by atoms with Crippen molar-refractivity contribution in [3.8, 4) is 22.3 Å². The SMILES string of the molecule is C=C/C(=C\C(N)c1ccccc1)C1=CC=CCC1.CC.CC.CC1=C(C)C2(C(C)=C(C)C(C)(C)C3=C2C=CCC3)c2ccc(-c3cccc(-c4cccc(C)c4)c3)cc21. The minimum atomic E-state index is -0.132. The minimum Gasteiger partial charge on any atom is -0.321 e. The zero-order valence-corrected chi connectivity index (χ0v) is 38.0. The first-order valence-electron chi connectivity index (χ1n) is 22.1. The number of nitrogens with two attached hydrogens (primary N) is 1. The average molecular weight is 780 g/mol. The maximum absolute atomic E-state index is 6.21. The fourth-order valence-corrected chi connectivity index (χ4v) is 9.54. The van der Waals surface area contributed by atoms with Crippen molar-refractivity contribution in [3.05, 3.63) is 207 Å². The van der Waals surface area contributed by atoms with Crippen LogP contribution in [0.4, 0.5) is 0 Å². The molecule has 4 aliphatic rings. The molecule has 0 saturated carbocycles. The van der Waals surface area contributed by atoms with Crippen molar-refractivity contribution in [2.45, 2.75) is 113 Å². The van der Waals surface area contributed by atoms with E-state index < -0.39 is 0 Å². The number of allylic oxidation sites excluding steroid dienone is 14. The summed E-state index contributed by atoms with van der Waals surface area (Å²) in [4.78, 5) is 0. The molecule has 1 nitrogen and oxygen atoms in total. The monoisotopic (exact) mass is 780 g/mol. The van der Waals surface area contributed by atoms with Crippen LogP contribution < -0.4 is 5.73 Å². The number of aryl methyl sites for hydroxylation is 1. The molecule has 2 N–H and O–H groups in total. The molecule has 0 heterocycles. The zero-order valence-electron chi connectivity index (χ0n) is 38.0. The largest absolute Gasteiger partial charge is 0.321 e. The summed E-state index contributed by atoms with van der Waals surface area (Å²) in [5.74, 6) is 0. The van der Waals surface area contributed by atoms with Crippen molar-refractivity contribution in [1.29, 1.82) is 0 Å². The molecule has 306 valence electrons. The van der Waals surface area contributed by atoms with E-state index in [1.807, 2.05) is 52.0 Å². The topological polar surface area (TPSA) is 26.0 Å². The molecule has 59 heavy (non-hydrogen) atoms. The summed E-state index contributed by atoms with van der Waals surface area (Å²) < 4.78 is 0. The van der Waals surface area contributed by atoms with Gasteiger partial charge < -0.3 is 5.73 Å². The lowest BCUT2D eigenvalue weighted by Gasteiger charge is -2.49. The lowest BCUT2D eigenvalue weighted by Crippen LogP contribution is -2.39. The predicted octanol–water partition coefficient (Wildman–Crippen LogP) is 16.5. The first-order chi connectivity index (χ1) is 28.5. The Kier molecular flexibility index (Phi) is 15.0. The van der Waals surface area contributed by atoms with E-state index in [9.17, 15) is 0 Å². The van der Waals surface area contributed by atoms with Gasteiger partial charge in [0.2, 0.25) is 0 Å². The first kappa shape index (κ1) is 44.9. The lowest BCUT2D eigenvalue weighted by atomic mass is 9.54. The average Bonchev–Trinajstić information content (AvgIpc) is 3.51. The molecule has 1 spiro atoms. The van der Waals surface area contributed by atoms with Gasteiger partial charge in [-0.05, 0) is 134 Å². The summed E-state index contributed by atoms with van der Waals surface area (Å²) >= 11 is 0. The van der Waals surface area contributed by atoms with Crippen molar-refractivity contribution in [3.63, 3.8) is 0 Å². The van der Waals surface area contributed by atoms with E-state index in [1.165, 1.54) is 72.4 Å². The van der Waals surface area contributed by atoms with E-state index in [0.717, 1.165) is 36.8 Å². The second-order valence-electron chi connectivity index (χ2n) is 16.3. The van der Waals surface area contributed by atoms with Crippen LogP contribution in [-0.4, -0.2) is 0 Å². The van der Waals surface area contributed by atoms with E-state index in [2.05, 4.69) is 170 Å². The number of benzene rings is 4.